The molecule has 0 aliphatic heterocycles. The average Bonchev–Trinajstić information content (AvgIpc) is 2.15. The number of hydrogen-bond donors (Lipinski definition) is 0. The van der Waals surface area contributed by atoms with Gasteiger partial charge in [-0.05, 0) is 30.7 Å². The number of carbonyl (C=O) groups excluding carboxylic acids is 1. The second kappa shape index (κ2) is 10.6. The fourth-order valence-electron chi connectivity index (χ4n) is 1.01. The van der Waals surface area contributed by atoms with E-state index in [2.05, 4.69) is 0 Å². The van der Waals surface area contributed by atoms with Crippen LogP contribution in [-0.2, 0) is 0 Å². The minimum Gasteiger partial charge on any atom is -1.00 e. The molecule has 0 amide bonds. The van der Waals surface area contributed by atoms with Gasteiger partial charge in [0, 0.05) is 17.9 Å². The van der Waals surface area contributed by atoms with Crippen LogP contribution in [0.4, 0.5) is 4.39 Å². The third-order valence-corrected chi connectivity index (χ3v) is 1.97. The summed E-state index contributed by atoms with van der Waals surface area (Å²) in [4.78, 5) is 11.3. The van der Waals surface area contributed by atoms with E-state index in [0.717, 1.165) is 0 Å². The Labute approximate surface area is 154 Å². The van der Waals surface area contributed by atoms with Crippen LogP contribution in [0.3, 0.4) is 0 Å². The molecule has 1 aromatic rings. The number of hydrogen-bond acceptors (Lipinski definition) is 1. The summed E-state index contributed by atoms with van der Waals surface area (Å²) in [5.41, 5.74) is 0.548. The van der Waals surface area contributed by atoms with Crippen LogP contribution < -0.4 is 75.4 Å². The van der Waals surface area contributed by atoms with Gasteiger partial charge in [0.1, 0.15) is 5.82 Å². The van der Waals surface area contributed by atoms with Crippen LogP contribution in [0.1, 0.15) is 23.2 Å². The Balaban J connectivity index is 0. The zero-order valence-corrected chi connectivity index (χ0v) is 14.5. The van der Waals surface area contributed by atoms with Crippen molar-refractivity contribution in [2.45, 2.75) is 12.8 Å². The maximum absolute atomic E-state index is 12.5. The summed E-state index contributed by atoms with van der Waals surface area (Å²) in [7, 11) is 0. The zero-order valence-electron chi connectivity index (χ0n) is 8.47. The van der Waals surface area contributed by atoms with Crippen LogP contribution in [0, 0.1) is 5.82 Å². The van der Waals surface area contributed by atoms with Crippen LogP contribution in [0.15, 0.2) is 24.3 Å². The van der Waals surface area contributed by atoms with Crippen molar-refractivity contribution in [1.82, 2.24) is 0 Å². The molecule has 0 radical (unpaired) electrons. The van der Waals surface area contributed by atoms with Crippen LogP contribution in [0.2, 0.25) is 0 Å². The first-order valence-electron chi connectivity index (χ1n) is 4.09. The number of ketones is 1. The molecule has 0 bridgehead atoms. The second-order valence-corrected chi connectivity index (χ2v) is 3.10. The SMILES string of the molecule is O=C(CCCCl)c1ccc(F)cc1.[I-].[K+]. The molecule has 15 heavy (non-hydrogen) atoms. The summed E-state index contributed by atoms with van der Waals surface area (Å²) in [6.07, 6.45) is 1.09. The van der Waals surface area contributed by atoms with E-state index < -0.39 is 0 Å². The van der Waals surface area contributed by atoms with E-state index in [-0.39, 0.29) is 87.0 Å². The molecule has 0 saturated carbocycles. The van der Waals surface area contributed by atoms with E-state index in [4.69, 9.17) is 11.6 Å². The van der Waals surface area contributed by atoms with Crippen molar-refractivity contribution in [2.75, 3.05) is 5.88 Å². The minimum absolute atomic E-state index is 0. The summed E-state index contributed by atoms with van der Waals surface area (Å²) in [5, 5.41) is 0. The van der Waals surface area contributed by atoms with E-state index in [1.807, 2.05) is 0 Å². The molecule has 0 heterocycles. The maximum atomic E-state index is 12.5. The Morgan fingerprint density at radius 3 is 2.27 bits per heavy atom. The first-order chi connectivity index (χ1) is 6.24. The standard InChI is InChI=1S/C10H10ClFO.HI.K/c11-7-1-2-10(13)8-3-5-9(12)6-4-8;;/h3-6H,1-2,7H2;1H;/q;;+1/p-1. The molecule has 0 unspecified atom stereocenters. The first kappa shape index (κ1) is 18.8. The largest absolute Gasteiger partial charge is 1.00 e. The van der Waals surface area contributed by atoms with Crippen LogP contribution in [-0.4, -0.2) is 11.7 Å². The van der Waals surface area contributed by atoms with Crippen molar-refractivity contribution in [3.8, 4) is 0 Å². The van der Waals surface area contributed by atoms with E-state index >= 15 is 0 Å². The van der Waals surface area contributed by atoms with Crippen molar-refractivity contribution in [2.24, 2.45) is 0 Å². The summed E-state index contributed by atoms with van der Waals surface area (Å²) in [6.45, 7) is 0. The van der Waals surface area contributed by atoms with Gasteiger partial charge in [0.05, 0.1) is 0 Å². The van der Waals surface area contributed by atoms with Crippen molar-refractivity contribution in [3.05, 3.63) is 35.6 Å². The molecule has 5 heteroatoms. The van der Waals surface area contributed by atoms with Gasteiger partial charge in [-0.2, -0.15) is 0 Å². The molecule has 0 aliphatic rings. The molecule has 1 aromatic carbocycles. The summed E-state index contributed by atoms with van der Waals surface area (Å²) in [6, 6.07) is 5.56. The Hall–Kier alpha value is 1.48. The van der Waals surface area contributed by atoms with Gasteiger partial charge >= 0.3 is 51.4 Å². The van der Waals surface area contributed by atoms with Crippen LogP contribution in [0.25, 0.3) is 0 Å². The number of Topliss-reactive ketones (excluding diaryl/α,β-unsaturated/α-hetero) is 1. The van der Waals surface area contributed by atoms with Crippen molar-refractivity contribution >= 4 is 17.4 Å². The van der Waals surface area contributed by atoms with Crippen LogP contribution >= 0.6 is 11.6 Å². The number of alkyl halides is 1. The van der Waals surface area contributed by atoms with Gasteiger partial charge in [-0.25, -0.2) is 4.39 Å². The van der Waals surface area contributed by atoms with Crippen molar-refractivity contribution in [3.63, 3.8) is 0 Å². The number of halogens is 3. The fraction of sp³-hybridized carbons (Fsp3) is 0.300. The maximum Gasteiger partial charge on any atom is 1.00 e. The van der Waals surface area contributed by atoms with Crippen molar-refractivity contribution < 1.29 is 84.5 Å². The van der Waals surface area contributed by atoms with Gasteiger partial charge in [-0.1, -0.05) is 0 Å². The van der Waals surface area contributed by atoms with Gasteiger partial charge in [0.25, 0.3) is 0 Å². The second-order valence-electron chi connectivity index (χ2n) is 2.72. The summed E-state index contributed by atoms with van der Waals surface area (Å²) >= 11 is 5.45. The first-order valence-corrected chi connectivity index (χ1v) is 4.62. The topological polar surface area (TPSA) is 17.1 Å². The molecule has 0 saturated heterocycles. The number of carbonyl (C=O) groups is 1. The van der Waals surface area contributed by atoms with Gasteiger partial charge in [0.2, 0.25) is 0 Å². The zero-order chi connectivity index (χ0) is 9.68. The van der Waals surface area contributed by atoms with E-state index in [1.54, 1.807) is 0 Å². The van der Waals surface area contributed by atoms with E-state index in [0.29, 0.717) is 24.3 Å². The summed E-state index contributed by atoms with van der Waals surface area (Å²) < 4.78 is 12.5. The van der Waals surface area contributed by atoms with E-state index in [1.165, 1.54) is 24.3 Å². The van der Waals surface area contributed by atoms with Crippen LogP contribution in [0.5, 0.6) is 0 Å². The molecule has 1 nitrogen and oxygen atoms in total. The fourth-order valence-corrected chi connectivity index (χ4v) is 1.14. The molecule has 1 rings (SSSR count). The Morgan fingerprint density at radius 1 is 1.27 bits per heavy atom. The van der Waals surface area contributed by atoms with Gasteiger partial charge in [-0.3, -0.25) is 4.79 Å². The molecule has 0 atom stereocenters. The Morgan fingerprint density at radius 2 is 1.80 bits per heavy atom. The number of benzene rings is 1. The van der Waals surface area contributed by atoms with Gasteiger partial charge < -0.3 is 24.0 Å². The predicted octanol–water partition coefficient (Wildman–Crippen LogP) is -2.96. The quantitative estimate of drug-likeness (QED) is 0.241. The van der Waals surface area contributed by atoms with Gasteiger partial charge in [-0.15, -0.1) is 11.6 Å². The van der Waals surface area contributed by atoms with Gasteiger partial charge in [0.15, 0.2) is 5.78 Å². The smallest absolute Gasteiger partial charge is 1.00 e. The minimum atomic E-state index is -0.325. The molecule has 0 aromatic heterocycles. The average molecular weight is 367 g/mol. The molecule has 0 spiro atoms. The molecular weight excluding hydrogens is 357 g/mol. The predicted molar refractivity (Wildman–Crippen MR) is 50.7 cm³/mol. The number of rotatable bonds is 4. The van der Waals surface area contributed by atoms with Crippen molar-refractivity contribution in [1.29, 1.82) is 0 Å². The Bertz CT molecular complexity index is 292. The monoisotopic (exact) mass is 366 g/mol. The normalized spacial score (nSPS) is 8.67. The summed E-state index contributed by atoms with van der Waals surface area (Å²) in [5.74, 6) is 0.168. The molecule has 0 fully saturated rings. The third kappa shape index (κ3) is 7.41. The van der Waals surface area contributed by atoms with E-state index in [9.17, 15) is 9.18 Å². The molecular formula is C10H10ClFIKO. The molecule has 78 valence electrons. The molecule has 0 aliphatic carbocycles. The molecule has 0 N–H and O–H groups in total. The third-order valence-electron chi connectivity index (χ3n) is 1.70. The Kier molecular flexibility index (Phi) is 13.3.